The first-order chi connectivity index (χ1) is 14.1. The van der Waals surface area contributed by atoms with Gasteiger partial charge in [0.15, 0.2) is 11.5 Å². The number of rotatable bonds is 6. The van der Waals surface area contributed by atoms with Gasteiger partial charge in [-0.25, -0.2) is 0 Å². The van der Waals surface area contributed by atoms with Gasteiger partial charge in [-0.1, -0.05) is 36.2 Å². The summed E-state index contributed by atoms with van der Waals surface area (Å²) in [6, 6.07) is 11.9. The SMILES string of the molecule is CCC(CN1CCN(c2cccc3c2OCCO3)CC1)Sc1ccc(Cl)cc1Cl. The van der Waals surface area contributed by atoms with Crippen molar-refractivity contribution in [1.82, 2.24) is 4.90 Å². The summed E-state index contributed by atoms with van der Waals surface area (Å²) in [6.45, 7) is 8.59. The molecule has 4 nitrogen and oxygen atoms in total. The maximum atomic E-state index is 6.37. The van der Waals surface area contributed by atoms with E-state index in [1.165, 1.54) is 0 Å². The van der Waals surface area contributed by atoms with E-state index in [2.05, 4.69) is 28.9 Å². The number of nitrogens with zero attached hydrogens (tertiary/aromatic N) is 2. The van der Waals surface area contributed by atoms with E-state index in [0.29, 0.717) is 23.5 Å². The zero-order valence-electron chi connectivity index (χ0n) is 16.6. The van der Waals surface area contributed by atoms with E-state index in [9.17, 15) is 0 Å². The number of benzene rings is 2. The van der Waals surface area contributed by atoms with E-state index < -0.39 is 0 Å². The lowest BCUT2D eigenvalue weighted by atomic mass is 10.2. The molecule has 0 N–H and O–H groups in total. The summed E-state index contributed by atoms with van der Waals surface area (Å²) in [5, 5.41) is 1.92. The third-order valence-electron chi connectivity index (χ3n) is 5.36. The van der Waals surface area contributed by atoms with Gasteiger partial charge in [-0.3, -0.25) is 4.90 Å². The van der Waals surface area contributed by atoms with E-state index in [1.807, 2.05) is 36.0 Å². The van der Waals surface area contributed by atoms with Gasteiger partial charge in [0.25, 0.3) is 0 Å². The maximum Gasteiger partial charge on any atom is 0.184 e. The zero-order valence-corrected chi connectivity index (χ0v) is 18.9. The van der Waals surface area contributed by atoms with Crippen LogP contribution in [0.1, 0.15) is 13.3 Å². The second kappa shape index (κ2) is 9.69. The third kappa shape index (κ3) is 5.08. The molecule has 2 aromatic rings. The second-order valence-corrected chi connectivity index (χ2v) is 9.50. The Bertz CT molecular complexity index is 844. The van der Waals surface area contributed by atoms with E-state index in [4.69, 9.17) is 32.7 Å². The summed E-state index contributed by atoms with van der Waals surface area (Å²) in [7, 11) is 0. The lowest BCUT2D eigenvalue weighted by Crippen LogP contribution is -2.48. The Morgan fingerprint density at radius 3 is 2.59 bits per heavy atom. The van der Waals surface area contributed by atoms with Crippen LogP contribution < -0.4 is 14.4 Å². The van der Waals surface area contributed by atoms with E-state index in [-0.39, 0.29) is 0 Å². The molecule has 0 spiro atoms. The van der Waals surface area contributed by atoms with Crippen LogP contribution >= 0.6 is 35.0 Å². The Morgan fingerprint density at radius 1 is 1.03 bits per heavy atom. The highest BCUT2D eigenvalue weighted by molar-refractivity contribution is 8.00. The Morgan fingerprint density at radius 2 is 1.83 bits per heavy atom. The number of halogens is 2. The number of para-hydroxylation sites is 1. The van der Waals surface area contributed by atoms with Crippen molar-refractivity contribution in [1.29, 1.82) is 0 Å². The van der Waals surface area contributed by atoms with Crippen molar-refractivity contribution in [3.63, 3.8) is 0 Å². The van der Waals surface area contributed by atoms with Gasteiger partial charge >= 0.3 is 0 Å². The average molecular weight is 453 g/mol. The van der Waals surface area contributed by atoms with Crippen molar-refractivity contribution in [2.45, 2.75) is 23.5 Å². The van der Waals surface area contributed by atoms with Crippen LogP contribution in [-0.4, -0.2) is 56.1 Å². The van der Waals surface area contributed by atoms with Crippen LogP contribution in [0.15, 0.2) is 41.3 Å². The highest BCUT2D eigenvalue weighted by atomic mass is 35.5. The summed E-state index contributed by atoms with van der Waals surface area (Å²) >= 11 is 14.2. The molecule has 29 heavy (non-hydrogen) atoms. The van der Waals surface area contributed by atoms with Gasteiger partial charge in [0.05, 0.1) is 10.7 Å². The van der Waals surface area contributed by atoms with Crippen LogP contribution in [0.2, 0.25) is 10.0 Å². The number of hydrogen-bond donors (Lipinski definition) is 0. The summed E-state index contributed by atoms with van der Waals surface area (Å²) in [5.74, 6) is 1.75. The fourth-order valence-electron chi connectivity index (χ4n) is 3.77. The summed E-state index contributed by atoms with van der Waals surface area (Å²) < 4.78 is 11.6. The number of fused-ring (bicyclic) bond motifs is 1. The molecule has 1 saturated heterocycles. The summed E-state index contributed by atoms with van der Waals surface area (Å²) in [5.41, 5.74) is 1.15. The fourth-order valence-corrected chi connectivity index (χ4v) is 5.44. The Kier molecular flexibility index (Phi) is 7.01. The first kappa shape index (κ1) is 21.0. The van der Waals surface area contributed by atoms with E-state index in [0.717, 1.165) is 66.2 Å². The van der Waals surface area contributed by atoms with Gasteiger partial charge in [0.2, 0.25) is 0 Å². The molecule has 2 aromatic carbocycles. The Balaban J connectivity index is 1.34. The molecule has 1 atom stereocenters. The smallest absolute Gasteiger partial charge is 0.184 e. The zero-order chi connectivity index (χ0) is 20.2. The molecule has 1 fully saturated rings. The summed E-state index contributed by atoms with van der Waals surface area (Å²) in [4.78, 5) is 6.07. The second-order valence-electron chi connectivity index (χ2n) is 7.31. The first-order valence-corrected chi connectivity index (χ1v) is 11.7. The van der Waals surface area contributed by atoms with Crippen molar-refractivity contribution >= 4 is 40.7 Å². The molecule has 156 valence electrons. The number of thioether (sulfide) groups is 1. The fraction of sp³-hybridized carbons (Fsp3) is 0.455. The molecule has 0 saturated carbocycles. The molecular weight excluding hydrogens is 427 g/mol. The summed E-state index contributed by atoms with van der Waals surface area (Å²) in [6.07, 6.45) is 1.10. The van der Waals surface area contributed by atoms with Crippen molar-refractivity contribution in [2.75, 3.05) is 50.8 Å². The molecule has 0 aliphatic carbocycles. The third-order valence-corrected chi connectivity index (χ3v) is 7.45. The van der Waals surface area contributed by atoms with Crippen molar-refractivity contribution in [2.24, 2.45) is 0 Å². The minimum atomic E-state index is 0.501. The lowest BCUT2D eigenvalue weighted by Gasteiger charge is -2.38. The highest BCUT2D eigenvalue weighted by Crippen LogP contribution is 2.40. The van der Waals surface area contributed by atoms with Crippen LogP contribution in [0.5, 0.6) is 11.5 Å². The van der Waals surface area contributed by atoms with Gasteiger partial charge in [0, 0.05) is 47.9 Å². The molecular formula is C22H26Cl2N2O2S. The van der Waals surface area contributed by atoms with Gasteiger partial charge in [0.1, 0.15) is 13.2 Å². The van der Waals surface area contributed by atoms with Crippen LogP contribution in [-0.2, 0) is 0 Å². The first-order valence-electron chi connectivity index (χ1n) is 10.1. The van der Waals surface area contributed by atoms with Crippen molar-refractivity contribution in [3.05, 3.63) is 46.4 Å². The molecule has 2 aliphatic rings. The van der Waals surface area contributed by atoms with Crippen molar-refractivity contribution in [3.8, 4) is 11.5 Å². The number of piperazine rings is 1. The van der Waals surface area contributed by atoms with Crippen LogP contribution in [0.4, 0.5) is 5.69 Å². The monoisotopic (exact) mass is 452 g/mol. The largest absolute Gasteiger partial charge is 0.486 e. The standard InChI is InChI=1S/C22H26Cl2N2O2S/c1-2-17(29-21-7-6-16(23)14-18(21)24)15-25-8-10-26(11-9-25)19-4-3-5-20-22(19)28-13-12-27-20/h3-7,14,17H,2,8-13,15H2,1H3. The molecule has 7 heteroatoms. The Labute approximate surface area is 187 Å². The van der Waals surface area contributed by atoms with Gasteiger partial charge in [-0.05, 0) is 36.8 Å². The predicted octanol–water partition coefficient (Wildman–Crippen LogP) is 5.46. The van der Waals surface area contributed by atoms with Crippen molar-refractivity contribution < 1.29 is 9.47 Å². The average Bonchev–Trinajstić information content (AvgIpc) is 2.75. The Hall–Kier alpha value is -1.27. The lowest BCUT2D eigenvalue weighted by molar-refractivity contribution is 0.171. The van der Waals surface area contributed by atoms with Crippen LogP contribution in [0.3, 0.4) is 0 Å². The van der Waals surface area contributed by atoms with Gasteiger partial charge in [-0.15, -0.1) is 11.8 Å². The number of anilines is 1. The molecule has 4 rings (SSSR count). The normalized spacial score (nSPS) is 18.0. The van der Waals surface area contributed by atoms with Gasteiger partial charge in [-0.2, -0.15) is 0 Å². The quantitative estimate of drug-likeness (QED) is 0.541. The maximum absolute atomic E-state index is 6.37. The molecule has 1 unspecified atom stereocenters. The molecule has 0 bridgehead atoms. The molecule has 0 aromatic heterocycles. The van der Waals surface area contributed by atoms with Crippen LogP contribution in [0.25, 0.3) is 0 Å². The van der Waals surface area contributed by atoms with E-state index >= 15 is 0 Å². The highest BCUT2D eigenvalue weighted by Gasteiger charge is 2.25. The van der Waals surface area contributed by atoms with Crippen LogP contribution in [0, 0.1) is 0 Å². The van der Waals surface area contributed by atoms with Gasteiger partial charge < -0.3 is 14.4 Å². The molecule has 0 radical (unpaired) electrons. The molecule has 0 amide bonds. The number of ether oxygens (including phenoxy) is 2. The topological polar surface area (TPSA) is 24.9 Å². The molecule has 2 heterocycles. The van der Waals surface area contributed by atoms with E-state index in [1.54, 1.807) is 0 Å². The molecule has 2 aliphatic heterocycles. The predicted molar refractivity (Wildman–Crippen MR) is 122 cm³/mol. The minimum absolute atomic E-state index is 0.501. The number of hydrogen-bond acceptors (Lipinski definition) is 5. The minimum Gasteiger partial charge on any atom is -0.486 e.